The van der Waals surface area contributed by atoms with Crippen LogP contribution in [0, 0.1) is 18.3 Å². The van der Waals surface area contributed by atoms with Gasteiger partial charge in [0.25, 0.3) is 0 Å². The molecule has 0 N–H and O–H groups in total. The summed E-state index contributed by atoms with van der Waals surface area (Å²) in [4.78, 5) is 13.6. The Balaban J connectivity index is 4.52. The zero-order chi connectivity index (χ0) is 11.4. The summed E-state index contributed by atoms with van der Waals surface area (Å²) in [6, 6.07) is 0. The molecule has 2 heteroatoms. The predicted octanol–water partition coefficient (Wildman–Crippen LogP) is 2.29. The smallest absolute Gasteiger partial charge is 0.224 e. The third kappa shape index (κ3) is 4.32. The van der Waals surface area contributed by atoms with Crippen LogP contribution in [-0.2, 0) is 4.79 Å². The van der Waals surface area contributed by atoms with Crippen molar-refractivity contribution in [3.05, 3.63) is 0 Å². The molecule has 0 saturated heterocycles. The highest BCUT2D eigenvalue weighted by Crippen LogP contribution is 2.15. The average molecular weight is 195 g/mol. The zero-order valence-corrected chi connectivity index (χ0v) is 9.92. The predicted molar refractivity (Wildman–Crippen MR) is 59.8 cm³/mol. The lowest BCUT2D eigenvalue weighted by Gasteiger charge is -2.34. The molecule has 0 unspecified atom stereocenters. The molecular formula is C12H21NO. The van der Waals surface area contributed by atoms with E-state index in [1.165, 1.54) is 0 Å². The van der Waals surface area contributed by atoms with Crippen molar-refractivity contribution in [1.82, 2.24) is 4.90 Å². The first-order valence-corrected chi connectivity index (χ1v) is 5.03. The highest BCUT2D eigenvalue weighted by molar-refractivity contribution is 5.77. The van der Waals surface area contributed by atoms with Crippen LogP contribution in [0.25, 0.3) is 0 Å². The zero-order valence-electron chi connectivity index (χ0n) is 9.92. The van der Waals surface area contributed by atoms with E-state index in [0.29, 0.717) is 18.9 Å². The fourth-order valence-electron chi connectivity index (χ4n) is 1.25. The Morgan fingerprint density at radius 2 is 1.93 bits per heavy atom. The lowest BCUT2D eigenvalue weighted by molar-refractivity contribution is -0.135. The van der Waals surface area contributed by atoms with Crippen LogP contribution in [0.3, 0.4) is 0 Å². The normalized spacial score (nSPS) is 11.2. The third-order valence-electron chi connectivity index (χ3n) is 1.94. The summed E-state index contributed by atoms with van der Waals surface area (Å²) < 4.78 is 0. The van der Waals surface area contributed by atoms with Gasteiger partial charge in [0, 0.05) is 12.0 Å². The van der Waals surface area contributed by atoms with E-state index in [4.69, 9.17) is 6.42 Å². The number of carbonyl (C=O) groups is 1. The molecule has 0 aromatic rings. The molecule has 1 amide bonds. The molecule has 0 rings (SSSR count). The number of hydrogen-bond donors (Lipinski definition) is 0. The van der Waals surface area contributed by atoms with Gasteiger partial charge in [-0.15, -0.1) is 6.42 Å². The second kappa shape index (κ2) is 5.05. The fraction of sp³-hybridized carbons (Fsp3) is 0.750. The van der Waals surface area contributed by atoms with Gasteiger partial charge in [0.15, 0.2) is 0 Å². The maximum absolute atomic E-state index is 11.8. The standard InChI is InChI=1S/C12H21NO/c1-7-8-13(12(4,5)6)11(14)9-10(2)3/h1,10H,8-9H2,2-6H3. The molecule has 80 valence electrons. The van der Waals surface area contributed by atoms with Gasteiger partial charge >= 0.3 is 0 Å². The number of terminal acetylenes is 1. The second-order valence-electron chi connectivity index (χ2n) is 4.95. The number of carbonyl (C=O) groups excluding carboxylic acids is 1. The van der Waals surface area contributed by atoms with Crippen LogP contribution in [0.1, 0.15) is 41.0 Å². The molecule has 0 saturated carbocycles. The van der Waals surface area contributed by atoms with Crippen LogP contribution in [0.5, 0.6) is 0 Å². The van der Waals surface area contributed by atoms with Gasteiger partial charge in [-0.2, -0.15) is 0 Å². The maximum atomic E-state index is 11.8. The third-order valence-corrected chi connectivity index (χ3v) is 1.94. The van der Waals surface area contributed by atoms with Crippen molar-refractivity contribution in [2.24, 2.45) is 5.92 Å². The van der Waals surface area contributed by atoms with Crippen molar-refractivity contribution in [2.45, 2.75) is 46.6 Å². The summed E-state index contributed by atoms with van der Waals surface area (Å²) in [6.45, 7) is 10.5. The van der Waals surface area contributed by atoms with Gasteiger partial charge in [0.1, 0.15) is 0 Å². The van der Waals surface area contributed by atoms with Crippen molar-refractivity contribution in [1.29, 1.82) is 0 Å². The summed E-state index contributed by atoms with van der Waals surface area (Å²) in [5.41, 5.74) is -0.182. The van der Waals surface area contributed by atoms with E-state index < -0.39 is 0 Å². The summed E-state index contributed by atoms with van der Waals surface area (Å²) in [7, 11) is 0. The lowest BCUT2D eigenvalue weighted by atomic mass is 10.0. The monoisotopic (exact) mass is 195 g/mol. The molecule has 0 heterocycles. The number of amides is 1. The molecule has 0 aliphatic carbocycles. The Labute approximate surface area is 87.7 Å². The van der Waals surface area contributed by atoms with Crippen LogP contribution in [0.4, 0.5) is 0 Å². The average Bonchev–Trinajstić information content (AvgIpc) is 1.96. The molecule has 2 nitrogen and oxygen atoms in total. The molecule has 0 atom stereocenters. The highest BCUT2D eigenvalue weighted by atomic mass is 16.2. The SMILES string of the molecule is C#CCN(C(=O)CC(C)C)C(C)(C)C. The molecule has 0 aliphatic heterocycles. The van der Waals surface area contributed by atoms with E-state index >= 15 is 0 Å². The Hall–Kier alpha value is -0.970. The Morgan fingerprint density at radius 1 is 1.43 bits per heavy atom. The minimum Gasteiger partial charge on any atom is -0.327 e. The van der Waals surface area contributed by atoms with E-state index in [1.54, 1.807) is 4.90 Å². The Morgan fingerprint density at radius 3 is 2.21 bits per heavy atom. The largest absolute Gasteiger partial charge is 0.327 e. The minimum atomic E-state index is -0.182. The molecule has 0 bridgehead atoms. The molecule has 0 fully saturated rings. The fourth-order valence-corrected chi connectivity index (χ4v) is 1.25. The van der Waals surface area contributed by atoms with Crippen LogP contribution < -0.4 is 0 Å². The molecule has 0 aromatic heterocycles. The Kier molecular flexibility index (Phi) is 4.70. The maximum Gasteiger partial charge on any atom is 0.224 e. The quantitative estimate of drug-likeness (QED) is 0.633. The van der Waals surface area contributed by atoms with Crippen molar-refractivity contribution >= 4 is 5.91 Å². The van der Waals surface area contributed by atoms with Gasteiger partial charge in [-0.3, -0.25) is 4.79 Å². The summed E-state index contributed by atoms with van der Waals surface area (Å²) >= 11 is 0. The summed E-state index contributed by atoms with van der Waals surface area (Å²) in [5.74, 6) is 3.06. The minimum absolute atomic E-state index is 0.144. The molecule has 0 aliphatic rings. The topological polar surface area (TPSA) is 20.3 Å². The number of nitrogens with zero attached hydrogens (tertiary/aromatic N) is 1. The van der Waals surface area contributed by atoms with E-state index in [1.807, 2.05) is 34.6 Å². The van der Waals surface area contributed by atoms with Crippen LogP contribution in [0.2, 0.25) is 0 Å². The summed E-state index contributed by atoms with van der Waals surface area (Å²) in [6.07, 6.45) is 5.82. The van der Waals surface area contributed by atoms with Gasteiger partial charge in [-0.1, -0.05) is 19.8 Å². The first-order chi connectivity index (χ1) is 6.29. The van der Waals surface area contributed by atoms with Gasteiger partial charge in [0.05, 0.1) is 6.54 Å². The first-order valence-electron chi connectivity index (χ1n) is 5.03. The van der Waals surface area contributed by atoms with E-state index in [-0.39, 0.29) is 11.4 Å². The van der Waals surface area contributed by atoms with Gasteiger partial charge < -0.3 is 4.90 Å². The van der Waals surface area contributed by atoms with Crippen LogP contribution in [-0.4, -0.2) is 22.9 Å². The van der Waals surface area contributed by atoms with Crippen molar-refractivity contribution in [3.8, 4) is 12.3 Å². The number of rotatable bonds is 3. The number of hydrogen-bond acceptors (Lipinski definition) is 1. The second-order valence-corrected chi connectivity index (χ2v) is 4.95. The molecule has 0 aromatic carbocycles. The van der Waals surface area contributed by atoms with E-state index in [0.717, 1.165) is 0 Å². The first kappa shape index (κ1) is 13.0. The van der Waals surface area contributed by atoms with Crippen molar-refractivity contribution in [2.75, 3.05) is 6.54 Å². The summed E-state index contributed by atoms with van der Waals surface area (Å²) in [5, 5.41) is 0. The molecule has 0 spiro atoms. The van der Waals surface area contributed by atoms with Crippen molar-refractivity contribution in [3.63, 3.8) is 0 Å². The van der Waals surface area contributed by atoms with Crippen molar-refractivity contribution < 1.29 is 4.79 Å². The van der Waals surface area contributed by atoms with Gasteiger partial charge in [0.2, 0.25) is 5.91 Å². The molecule has 14 heavy (non-hydrogen) atoms. The van der Waals surface area contributed by atoms with Gasteiger partial charge in [-0.25, -0.2) is 0 Å². The van der Waals surface area contributed by atoms with Crippen LogP contribution >= 0.6 is 0 Å². The van der Waals surface area contributed by atoms with E-state index in [2.05, 4.69) is 5.92 Å². The van der Waals surface area contributed by atoms with Gasteiger partial charge in [-0.05, 0) is 26.7 Å². The molecule has 0 radical (unpaired) electrons. The van der Waals surface area contributed by atoms with E-state index in [9.17, 15) is 4.79 Å². The lowest BCUT2D eigenvalue weighted by Crippen LogP contribution is -2.46. The molecular weight excluding hydrogens is 174 g/mol. The Bertz CT molecular complexity index is 230. The van der Waals surface area contributed by atoms with Crippen LogP contribution in [0.15, 0.2) is 0 Å². The highest BCUT2D eigenvalue weighted by Gasteiger charge is 2.25.